The van der Waals surface area contributed by atoms with E-state index in [0.29, 0.717) is 91.1 Å². The van der Waals surface area contributed by atoms with Crippen LogP contribution in [0.15, 0.2) is 114 Å². The molecule has 64 heavy (non-hydrogen) atoms. The summed E-state index contributed by atoms with van der Waals surface area (Å²) in [7, 11) is 2.03. The van der Waals surface area contributed by atoms with E-state index in [9.17, 15) is 33.8 Å². The number of ether oxygens (including phenoxy) is 1. The molecule has 1 fully saturated rings. The number of nitrogens with one attached hydrogen (secondary N) is 1. The van der Waals surface area contributed by atoms with E-state index in [0.717, 1.165) is 46.3 Å². The number of H-pyrrole nitrogens is 1. The summed E-state index contributed by atoms with van der Waals surface area (Å²) >= 11 is 1.42. The van der Waals surface area contributed by atoms with Crippen molar-refractivity contribution in [1.29, 1.82) is 0 Å². The molecule has 0 spiro atoms. The number of aromatic nitrogens is 2. The molecule has 5 aromatic carbocycles. The molecular formula is C50H48FN5O7S. The van der Waals surface area contributed by atoms with E-state index >= 15 is 0 Å². The number of thiophene rings is 1. The quantitative estimate of drug-likeness (QED) is 0.0646. The lowest BCUT2D eigenvalue weighted by Gasteiger charge is -2.35. The Labute approximate surface area is 373 Å². The Kier molecular flexibility index (Phi) is 13.4. The summed E-state index contributed by atoms with van der Waals surface area (Å²) in [6, 6.07) is 30.4. The van der Waals surface area contributed by atoms with Crippen LogP contribution in [0, 0.1) is 5.82 Å². The molecular weight excluding hydrogens is 834 g/mol. The molecule has 328 valence electrons. The van der Waals surface area contributed by atoms with Gasteiger partial charge in [-0.15, -0.1) is 11.3 Å². The third kappa shape index (κ3) is 9.98. The van der Waals surface area contributed by atoms with Crippen LogP contribution in [0.3, 0.4) is 0 Å². The van der Waals surface area contributed by atoms with Gasteiger partial charge in [-0.1, -0.05) is 30.7 Å². The molecule has 12 nitrogen and oxygen atoms in total. The summed E-state index contributed by atoms with van der Waals surface area (Å²) in [4.78, 5) is 58.9. The Bertz CT molecular complexity index is 2870. The van der Waals surface area contributed by atoms with Gasteiger partial charge >= 0.3 is 0 Å². The van der Waals surface area contributed by atoms with Crippen molar-refractivity contribution in [3.63, 3.8) is 0 Å². The molecule has 3 heterocycles. The molecule has 2 aromatic heterocycles. The molecule has 0 unspecified atom stereocenters. The minimum absolute atomic E-state index is 0.0279. The summed E-state index contributed by atoms with van der Waals surface area (Å²) in [6.07, 6.45) is 3.30. The number of carbonyl (C=O) groups is 3. The molecule has 14 heteroatoms. The zero-order valence-corrected chi connectivity index (χ0v) is 36.2. The summed E-state index contributed by atoms with van der Waals surface area (Å²) < 4.78 is 21.8. The van der Waals surface area contributed by atoms with Gasteiger partial charge in [0.25, 0.3) is 11.5 Å². The number of ketones is 1. The fourth-order valence-electron chi connectivity index (χ4n) is 8.07. The first kappa shape index (κ1) is 43.7. The van der Waals surface area contributed by atoms with E-state index in [1.54, 1.807) is 101 Å². The predicted octanol–water partition coefficient (Wildman–Crippen LogP) is 8.03. The molecule has 0 aliphatic carbocycles. The van der Waals surface area contributed by atoms with Gasteiger partial charge in [0, 0.05) is 77.0 Å². The van der Waals surface area contributed by atoms with Crippen molar-refractivity contribution >= 4 is 49.8 Å². The predicted molar refractivity (Wildman–Crippen MR) is 246 cm³/mol. The van der Waals surface area contributed by atoms with E-state index in [1.165, 1.54) is 17.4 Å². The highest BCUT2D eigenvalue weighted by Crippen LogP contribution is 2.41. The van der Waals surface area contributed by atoms with Crippen LogP contribution < -0.4 is 10.3 Å². The van der Waals surface area contributed by atoms with Crippen LogP contribution in [0.2, 0.25) is 0 Å². The van der Waals surface area contributed by atoms with Gasteiger partial charge in [0.05, 0.1) is 16.6 Å². The zero-order valence-electron chi connectivity index (χ0n) is 35.4. The molecule has 0 radical (unpaired) electrons. The molecule has 7 aromatic rings. The standard InChI is InChI=1S/C50H48FN5O7S/c1-54(27-28-63-37-18-13-33(14-19-37)47(60)46-40-20-17-36(58)31-44(40)64-48(46)34-11-15-35(57)16-12-34)22-6-2-3-9-45(59)55-23-25-56(26-24-55)50(62)41-29-32(10-21-42(41)51)30-43-38-7-4-5-8-39(38)49(61)53-52-43/h4-5,7-8,10-21,29,31,57-58H,2-3,6,9,22-28,30H2,1H3,(H,53,61). The van der Waals surface area contributed by atoms with E-state index in [-0.39, 0.29) is 34.3 Å². The van der Waals surface area contributed by atoms with Crippen LogP contribution in [0.1, 0.15) is 63.2 Å². The first-order valence-corrected chi connectivity index (χ1v) is 22.2. The van der Waals surface area contributed by atoms with Gasteiger partial charge < -0.3 is 29.6 Å². The van der Waals surface area contributed by atoms with Crippen molar-refractivity contribution < 1.29 is 33.7 Å². The number of fused-ring (bicyclic) bond motifs is 2. The van der Waals surface area contributed by atoms with Crippen molar-refractivity contribution in [2.24, 2.45) is 0 Å². The SMILES string of the molecule is CN(CCCCCC(=O)N1CCN(C(=O)c2cc(Cc3n[nH]c(=O)c4ccccc34)ccc2F)CC1)CCOc1ccc(C(=O)c2c(-c3ccc(O)cc3)sc3cc(O)ccc23)cc1. The molecule has 3 N–H and O–H groups in total. The maximum absolute atomic E-state index is 15.0. The third-order valence-corrected chi connectivity index (χ3v) is 12.8. The molecule has 8 rings (SSSR count). The van der Waals surface area contributed by atoms with Gasteiger partial charge in [0.15, 0.2) is 5.78 Å². The summed E-state index contributed by atoms with van der Waals surface area (Å²) in [5, 5.41) is 28.6. The van der Waals surface area contributed by atoms with Crippen LogP contribution in [0.25, 0.3) is 31.3 Å². The highest BCUT2D eigenvalue weighted by molar-refractivity contribution is 7.22. The lowest BCUT2D eigenvalue weighted by Crippen LogP contribution is -2.50. The number of aromatic hydroxyl groups is 2. The molecule has 1 aliphatic heterocycles. The number of phenolic OH excluding ortho intramolecular Hbond substituents is 2. The minimum Gasteiger partial charge on any atom is -0.508 e. The van der Waals surface area contributed by atoms with Crippen LogP contribution >= 0.6 is 11.3 Å². The maximum atomic E-state index is 15.0. The minimum atomic E-state index is -0.611. The van der Waals surface area contributed by atoms with Gasteiger partial charge in [-0.05, 0) is 122 Å². The number of carbonyl (C=O) groups excluding carboxylic acids is 3. The van der Waals surface area contributed by atoms with Crippen molar-refractivity contribution in [1.82, 2.24) is 24.9 Å². The fourth-order valence-corrected chi connectivity index (χ4v) is 9.31. The first-order chi connectivity index (χ1) is 31.0. The number of aromatic amines is 1. The van der Waals surface area contributed by atoms with Crippen LogP contribution in [0.5, 0.6) is 17.2 Å². The maximum Gasteiger partial charge on any atom is 0.272 e. The van der Waals surface area contributed by atoms with E-state index in [2.05, 4.69) is 15.1 Å². The largest absolute Gasteiger partial charge is 0.508 e. The summed E-state index contributed by atoms with van der Waals surface area (Å²) in [5.74, 6) is -0.208. The topological polar surface area (TPSA) is 156 Å². The van der Waals surface area contributed by atoms with Crippen LogP contribution in [-0.2, 0) is 11.2 Å². The number of piperazine rings is 1. The lowest BCUT2D eigenvalue weighted by molar-refractivity contribution is -0.132. The number of unbranched alkanes of at least 4 members (excludes halogenated alkanes) is 2. The normalized spacial score (nSPS) is 12.9. The van der Waals surface area contributed by atoms with Crippen molar-refractivity contribution in [3.8, 4) is 27.7 Å². The highest BCUT2D eigenvalue weighted by Gasteiger charge is 2.27. The second-order valence-corrected chi connectivity index (χ2v) is 17.1. The third-order valence-electron chi connectivity index (χ3n) is 11.6. The van der Waals surface area contributed by atoms with Gasteiger partial charge in [0.1, 0.15) is 29.7 Å². The van der Waals surface area contributed by atoms with Crippen LogP contribution in [0.4, 0.5) is 4.39 Å². The summed E-state index contributed by atoms with van der Waals surface area (Å²) in [6.45, 7) is 3.42. The number of benzene rings is 5. The van der Waals surface area contributed by atoms with E-state index in [4.69, 9.17) is 4.74 Å². The lowest BCUT2D eigenvalue weighted by atomic mass is 9.97. The summed E-state index contributed by atoms with van der Waals surface area (Å²) in [5.41, 5.74) is 2.85. The number of phenols is 2. The smallest absolute Gasteiger partial charge is 0.272 e. The van der Waals surface area contributed by atoms with Crippen LogP contribution in [-0.4, -0.2) is 106 Å². The Morgan fingerprint density at radius 2 is 1.52 bits per heavy atom. The van der Waals surface area contributed by atoms with Gasteiger partial charge in [0.2, 0.25) is 5.91 Å². The van der Waals surface area contributed by atoms with Gasteiger partial charge in [-0.25, -0.2) is 9.49 Å². The second kappa shape index (κ2) is 19.7. The number of amides is 2. The van der Waals surface area contributed by atoms with E-state index < -0.39 is 11.7 Å². The average molecular weight is 882 g/mol. The number of likely N-dealkylation sites (N-methyl/N-ethyl adjacent to an activating group) is 1. The molecule has 1 saturated heterocycles. The Hall–Kier alpha value is -6.90. The molecule has 1 aliphatic rings. The zero-order chi connectivity index (χ0) is 44.7. The average Bonchev–Trinajstić information content (AvgIpc) is 3.69. The Balaban J connectivity index is 0.740. The second-order valence-electron chi connectivity index (χ2n) is 16.1. The molecule has 0 atom stereocenters. The monoisotopic (exact) mass is 881 g/mol. The Morgan fingerprint density at radius 3 is 2.28 bits per heavy atom. The number of nitrogens with zero attached hydrogens (tertiary/aromatic N) is 4. The molecule has 0 saturated carbocycles. The van der Waals surface area contributed by atoms with Crippen molar-refractivity contribution in [2.75, 3.05) is 52.9 Å². The molecule has 2 amide bonds. The van der Waals surface area contributed by atoms with Crippen molar-refractivity contribution in [2.45, 2.75) is 32.1 Å². The number of rotatable bonds is 16. The number of hydrogen-bond donors (Lipinski definition) is 3. The van der Waals surface area contributed by atoms with E-state index in [1.807, 2.05) is 19.2 Å². The first-order valence-electron chi connectivity index (χ1n) is 21.3. The number of halogens is 1. The van der Waals surface area contributed by atoms with Gasteiger partial charge in [-0.3, -0.25) is 19.2 Å². The van der Waals surface area contributed by atoms with Crippen molar-refractivity contribution in [3.05, 3.63) is 153 Å². The molecule has 0 bridgehead atoms. The number of hydrogen-bond acceptors (Lipinski definition) is 10. The van der Waals surface area contributed by atoms with Gasteiger partial charge in [-0.2, -0.15) is 5.10 Å². The fraction of sp³-hybridized carbons (Fsp3) is 0.260. The highest BCUT2D eigenvalue weighted by atomic mass is 32.1. The Morgan fingerprint density at radius 1 is 0.797 bits per heavy atom.